The molecule has 9 heteroatoms. The van der Waals surface area contributed by atoms with Gasteiger partial charge in [0.1, 0.15) is 12.6 Å². The van der Waals surface area contributed by atoms with Gasteiger partial charge in [-0.05, 0) is 42.9 Å². The highest BCUT2D eigenvalue weighted by Gasteiger charge is 2.24. The van der Waals surface area contributed by atoms with Crippen LogP contribution in [0.3, 0.4) is 0 Å². The summed E-state index contributed by atoms with van der Waals surface area (Å²) in [5.41, 5.74) is 0.666. The molecule has 3 unspecified atom stereocenters. The summed E-state index contributed by atoms with van der Waals surface area (Å²) in [6, 6.07) is 4.16. The van der Waals surface area contributed by atoms with Crippen molar-refractivity contribution in [1.29, 1.82) is 0 Å². The summed E-state index contributed by atoms with van der Waals surface area (Å²) in [4.78, 5) is 49.6. The summed E-state index contributed by atoms with van der Waals surface area (Å²) in [5.74, 6) is -1.69. The number of benzene rings is 1. The molecule has 0 aliphatic carbocycles. The molecule has 4 atom stereocenters. The highest BCUT2D eigenvalue weighted by Crippen LogP contribution is 2.31. The first-order valence-corrected chi connectivity index (χ1v) is 14.1. The normalized spacial score (nSPS) is 14.0. The molecule has 9 nitrogen and oxygen atoms in total. The van der Waals surface area contributed by atoms with Crippen molar-refractivity contribution in [2.24, 2.45) is 17.8 Å². The van der Waals surface area contributed by atoms with Crippen LogP contribution in [0.2, 0.25) is 0 Å². The molecule has 0 bridgehead atoms. The van der Waals surface area contributed by atoms with E-state index in [1.165, 1.54) is 7.11 Å². The Balaban J connectivity index is 3.03. The minimum Gasteiger partial charge on any atom is -0.468 e. The Hall–Kier alpha value is -2.94. The third-order valence-electron chi connectivity index (χ3n) is 6.57. The van der Waals surface area contributed by atoms with Gasteiger partial charge in [0.2, 0.25) is 0 Å². The molecule has 1 N–H and O–H groups in total. The van der Waals surface area contributed by atoms with Crippen LogP contribution in [0.15, 0.2) is 18.2 Å². The lowest BCUT2D eigenvalue weighted by molar-refractivity contribution is -0.145. The monoisotopic (exact) mass is 549 g/mol. The van der Waals surface area contributed by atoms with E-state index in [0.29, 0.717) is 24.8 Å². The molecule has 0 amide bonds. The van der Waals surface area contributed by atoms with E-state index in [-0.39, 0.29) is 54.8 Å². The Kier molecular flexibility index (Phi) is 16.1. The van der Waals surface area contributed by atoms with Gasteiger partial charge in [0.25, 0.3) is 0 Å². The molecular formula is C30H47NO8. The van der Waals surface area contributed by atoms with E-state index >= 15 is 0 Å². The fraction of sp³-hybridized carbons (Fsp3) is 0.667. The molecule has 0 saturated heterocycles. The van der Waals surface area contributed by atoms with E-state index in [0.717, 1.165) is 19.3 Å². The molecule has 220 valence electrons. The van der Waals surface area contributed by atoms with Gasteiger partial charge in [-0.1, -0.05) is 66.9 Å². The highest BCUT2D eigenvalue weighted by molar-refractivity contribution is 5.79. The second-order valence-electron chi connectivity index (χ2n) is 10.2. The van der Waals surface area contributed by atoms with Gasteiger partial charge < -0.3 is 24.3 Å². The zero-order valence-electron chi connectivity index (χ0n) is 24.7. The van der Waals surface area contributed by atoms with Crippen LogP contribution in [-0.4, -0.2) is 50.2 Å². The third kappa shape index (κ3) is 12.6. The van der Waals surface area contributed by atoms with Crippen LogP contribution in [0.1, 0.15) is 85.6 Å². The molecule has 0 aliphatic rings. The topological polar surface area (TPSA) is 117 Å². The number of carbonyl (C=O) groups excluding carboxylic acids is 4. The fourth-order valence-corrected chi connectivity index (χ4v) is 3.87. The minimum atomic E-state index is -0.733. The Bertz CT molecular complexity index is 932. The van der Waals surface area contributed by atoms with Gasteiger partial charge in [-0.2, -0.15) is 0 Å². The molecule has 0 radical (unpaired) electrons. The van der Waals surface area contributed by atoms with Gasteiger partial charge in [-0.3, -0.25) is 19.2 Å². The van der Waals surface area contributed by atoms with Gasteiger partial charge in [-0.15, -0.1) is 0 Å². The summed E-state index contributed by atoms with van der Waals surface area (Å²) in [6.07, 6.45) is 4.46. The summed E-state index contributed by atoms with van der Waals surface area (Å²) >= 11 is 0. The molecule has 0 saturated carbocycles. The van der Waals surface area contributed by atoms with Gasteiger partial charge in [0.05, 0.1) is 18.9 Å². The maximum atomic E-state index is 12.7. The number of methoxy groups -OCH3 is 1. The number of ether oxygens (including phenoxy) is 4. The standard InChI is InChI=1S/C30H47NO8/c1-8-11-21(5)28(33)38-25-14-13-23(19-26(25)39-29(34)22(6)12-9-2)18-24(30(35)36-7)31-15-16-37-27(32)17-20(4)10-3/h13-14,19-22,24,31H,8-12,15-18H2,1-7H3/t20?,21?,22?,24-/m0/s1. The van der Waals surface area contributed by atoms with Gasteiger partial charge in [0, 0.05) is 13.0 Å². The van der Waals surface area contributed by atoms with E-state index in [2.05, 4.69) is 5.32 Å². The van der Waals surface area contributed by atoms with Crippen molar-refractivity contribution in [2.75, 3.05) is 20.3 Å². The number of esters is 4. The molecule has 0 spiro atoms. The maximum Gasteiger partial charge on any atom is 0.323 e. The smallest absolute Gasteiger partial charge is 0.323 e. The lowest BCUT2D eigenvalue weighted by atomic mass is 10.0. The number of hydrogen-bond donors (Lipinski definition) is 1. The molecular weight excluding hydrogens is 502 g/mol. The van der Waals surface area contributed by atoms with Crippen molar-refractivity contribution < 1.29 is 38.1 Å². The Morgan fingerprint density at radius 3 is 1.97 bits per heavy atom. The Morgan fingerprint density at radius 2 is 1.44 bits per heavy atom. The molecule has 0 aromatic heterocycles. The van der Waals surface area contributed by atoms with Crippen molar-refractivity contribution in [2.45, 2.75) is 92.5 Å². The largest absolute Gasteiger partial charge is 0.468 e. The van der Waals surface area contributed by atoms with Gasteiger partial charge >= 0.3 is 23.9 Å². The average molecular weight is 550 g/mol. The molecule has 0 fully saturated rings. The Labute approximate surface area is 233 Å². The minimum absolute atomic E-state index is 0.117. The van der Waals surface area contributed by atoms with E-state index in [1.54, 1.807) is 32.0 Å². The summed E-state index contributed by atoms with van der Waals surface area (Å²) in [7, 11) is 1.30. The van der Waals surface area contributed by atoms with Crippen molar-refractivity contribution in [1.82, 2.24) is 5.32 Å². The quantitative estimate of drug-likeness (QED) is 0.153. The van der Waals surface area contributed by atoms with E-state index in [9.17, 15) is 19.2 Å². The van der Waals surface area contributed by atoms with Crippen LogP contribution >= 0.6 is 0 Å². The first-order chi connectivity index (χ1) is 18.6. The zero-order chi connectivity index (χ0) is 29.4. The summed E-state index contributed by atoms with van der Waals surface area (Å²) < 4.78 is 21.5. The van der Waals surface area contributed by atoms with Crippen LogP contribution in [0, 0.1) is 17.8 Å². The molecule has 1 aromatic carbocycles. The predicted molar refractivity (Wildman–Crippen MR) is 148 cm³/mol. The second-order valence-corrected chi connectivity index (χ2v) is 10.2. The lowest BCUT2D eigenvalue weighted by Gasteiger charge is -2.19. The number of hydrogen-bond acceptors (Lipinski definition) is 9. The maximum absolute atomic E-state index is 12.7. The van der Waals surface area contributed by atoms with Crippen molar-refractivity contribution in [3.05, 3.63) is 23.8 Å². The molecule has 0 aliphatic heterocycles. The Morgan fingerprint density at radius 1 is 0.846 bits per heavy atom. The van der Waals surface area contributed by atoms with Gasteiger partial charge in [-0.25, -0.2) is 0 Å². The summed E-state index contributed by atoms with van der Waals surface area (Å²) in [5, 5.41) is 3.07. The van der Waals surface area contributed by atoms with Crippen LogP contribution in [0.4, 0.5) is 0 Å². The third-order valence-corrected chi connectivity index (χ3v) is 6.57. The van der Waals surface area contributed by atoms with Crippen LogP contribution in [0.25, 0.3) is 0 Å². The number of nitrogens with one attached hydrogen (secondary N) is 1. The van der Waals surface area contributed by atoms with Crippen molar-refractivity contribution >= 4 is 23.9 Å². The highest BCUT2D eigenvalue weighted by atomic mass is 16.6. The molecule has 0 heterocycles. The molecule has 1 rings (SSSR count). The molecule has 39 heavy (non-hydrogen) atoms. The number of rotatable bonds is 18. The van der Waals surface area contributed by atoms with Crippen LogP contribution in [-0.2, 0) is 35.1 Å². The fourth-order valence-electron chi connectivity index (χ4n) is 3.87. The van der Waals surface area contributed by atoms with E-state index in [1.807, 2.05) is 27.7 Å². The second kappa shape index (κ2) is 18.4. The molecule has 1 aromatic rings. The number of carbonyl (C=O) groups is 4. The SMILES string of the molecule is CCCC(C)C(=O)Oc1ccc(C[C@H](NCCOC(=O)CC(C)CC)C(=O)OC)cc1OC(=O)C(C)CCC. The first-order valence-electron chi connectivity index (χ1n) is 14.1. The zero-order valence-corrected chi connectivity index (χ0v) is 24.7. The summed E-state index contributed by atoms with van der Waals surface area (Å²) in [6.45, 7) is 11.9. The van der Waals surface area contributed by atoms with E-state index in [4.69, 9.17) is 18.9 Å². The van der Waals surface area contributed by atoms with E-state index < -0.39 is 23.9 Å². The predicted octanol–water partition coefficient (Wildman–Crippen LogP) is 5.02. The lowest BCUT2D eigenvalue weighted by Crippen LogP contribution is -2.41. The van der Waals surface area contributed by atoms with Gasteiger partial charge in [0.15, 0.2) is 11.5 Å². The van der Waals surface area contributed by atoms with Crippen molar-refractivity contribution in [3.8, 4) is 11.5 Å². The van der Waals surface area contributed by atoms with Crippen LogP contribution < -0.4 is 14.8 Å². The average Bonchev–Trinajstić information content (AvgIpc) is 2.91. The van der Waals surface area contributed by atoms with Crippen molar-refractivity contribution in [3.63, 3.8) is 0 Å². The van der Waals surface area contributed by atoms with Crippen LogP contribution in [0.5, 0.6) is 11.5 Å². The first kappa shape index (κ1) is 34.1.